The normalized spacial score (nSPS) is 13.7. The zero-order valence-electron chi connectivity index (χ0n) is 10.8. The molecule has 2 amide bonds. The minimum atomic E-state index is -0.338. The van der Waals surface area contributed by atoms with Crippen molar-refractivity contribution >= 4 is 23.2 Å². The van der Waals surface area contributed by atoms with Gasteiger partial charge in [-0.05, 0) is 24.3 Å². The largest absolute Gasteiger partial charge is 0.481 e. The first-order valence-corrected chi connectivity index (χ1v) is 6.03. The Morgan fingerprint density at radius 2 is 2.20 bits per heavy atom. The molecule has 3 rings (SSSR count). The molecule has 20 heavy (non-hydrogen) atoms. The van der Waals surface area contributed by atoms with Gasteiger partial charge in [0.15, 0.2) is 12.4 Å². The fourth-order valence-electron chi connectivity index (χ4n) is 1.96. The number of fused-ring (bicyclic) bond motifs is 1. The number of anilines is 2. The van der Waals surface area contributed by atoms with Crippen LogP contribution in [0.1, 0.15) is 10.6 Å². The van der Waals surface area contributed by atoms with E-state index in [-0.39, 0.29) is 24.2 Å². The summed E-state index contributed by atoms with van der Waals surface area (Å²) < 4.78 is 10.4. The molecule has 0 radical (unpaired) electrons. The lowest BCUT2D eigenvalue weighted by Crippen LogP contribution is -2.35. The molecule has 0 unspecified atom stereocenters. The van der Waals surface area contributed by atoms with Crippen molar-refractivity contribution in [3.63, 3.8) is 0 Å². The number of amides is 2. The lowest BCUT2D eigenvalue weighted by atomic mass is 10.2. The Hall–Kier alpha value is -2.76. The fourth-order valence-corrected chi connectivity index (χ4v) is 1.96. The first-order chi connectivity index (χ1) is 9.65. The third kappa shape index (κ3) is 2.11. The van der Waals surface area contributed by atoms with Gasteiger partial charge in [0, 0.05) is 18.8 Å². The van der Waals surface area contributed by atoms with Gasteiger partial charge in [-0.1, -0.05) is 0 Å². The molecular weight excluding hydrogens is 260 g/mol. The minimum Gasteiger partial charge on any atom is -0.481 e. The van der Waals surface area contributed by atoms with Crippen LogP contribution in [0, 0.1) is 0 Å². The van der Waals surface area contributed by atoms with Crippen molar-refractivity contribution in [3.8, 4) is 5.75 Å². The van der Waals surface area contributed by atoms with Gasteiger partial charge in [-0.3, -0.25) is 9.59 Å². The maximum absolute atomic E-state index is 11.8. The Morgan fingerprint density at radius 3 is 2.95 bits per heavy atom. The number of hydrogen-bond donors (Lipinski definition) is 1. The summed E-state index contributed by atoms with van der Waals surface area (Å²) >= 11 is 0. The average Bonchev–Trinajstić information content (AvgIpc) is 2.97. The third-order valence-corrected chi connectivity index (χ3v) is 3.05. The number of benzene rings is 1. The minimum absolute atomic E-state index is 0.000909. The van der Waals surface area contributed by atoms with Gasteiger partial charge < -0.3 is 19.4 Å². The van der Waals surface area contributed by atoms with Gasteiger partial charge in [-0.15, -0.1) is 0 Å². The van der Waals surface area contributed by atoms with Crippen LogP contribution in [-0.4, -0.2) is 25.5 Å². The fraction of sp³-hybridized carbons (Fsp3) is 0.143. The maximum atomic E-state index is 11.8. The van der Waals surface area contributed by atoms with Gasteiger partial charge in [-0.2, -0.15) is 0 Å². The first kappa shape index (κ1) is 12.3. The van der Waals surface area contributed by atoms with E-state index in [4.69, 9.17) is 9.15 Å². The molecule has 6 nitrogen and oxygen atoms in total. The van der Waals surface area contributed by atoms with Gasteiger partial charge in [0.2, 0.25) is 0 Å². The molecule has 0 bridgehead atoms. The number of carbonyl (C=O) groups excluding carboxylic acids is 2. The zero-order valence-corrected chi connectivity index (χ0v) is 10.8. The number of carbonyl (C=O) groups is 2. The highest BCUT2D eigenvalue weighted by molar-refractivity contribution is 6.03. The summed E-state index contributed by atoms with van der Waals surface area (Å²) in [4.78, 5) is 24.9. The van der Waals surface area contributed by atoms with Gasteiger partial charge in [0.25, 0.3) is 11.8 Å². The number of likely N-dealkylation sites (N-methyl/N-ethyl adjacent to an activating group) is 1. The molecule has 0 spiro atoms. The van der Waals surface area contributed by atoms with Crippen LogP contribution in [0.5, 0.6) is 5.75 Å². The lowest BCUT2D eigenvalue weighted by molar-refractivity contribution is -0.120. The van der Waals surface area contributed by atoms with Crippen LogP contribution in [0.3, 0.4) is 0 Å². The molecular formula is C14H12N2O4. The molecule has 1 aliphatic heterocycles. The number of nitrogens with one attached hydrogen (secondary N) is 1. The third-order valence-electron chi connectivity index (χ3n) is 3.05. The monoisotopic (exact) mass is 272 g/mol. The summed E-state index contributed by atoms with van der Waals surface area (Å²) in [6.45, 7) is -0.000909. The van der Waals surface area contributed by atoms with Crippen molar-refractivity contribution in [2.45, 2.75) is 0 Å². The topological polar surface area (TPSA) is 71.8 Å². The van der Waals surface area contributed by atoms with Crippen molar-refractivity contribution in [2.75, 3.05) is 23.9 Å². The molecule has 1 N–H and O–H groups in total. The van der Waals surface area contributed by atoms with E-state index in [2.05, 4.69) is 5.32 Å². The van der Waals surface area contributed by atoms with Crippen molar-refractivity contribution < 1.29 is 18.7 Å². The molecule has 102 valence electrons. The lowest BCUT2D eigenvalue weighted by Gasteiger charge is -2.26. The maximum Gasteiger partial charge on any atom is 0.291 e. The summed E-state index contributed by atoms with van der Waals surface area (Å²) in [5, 5.41) is 2.70. The quantitative estimate of drug-likeness (QED) is 0.906. The van der Waals surface area contributed by atoms with E-state index in [0.717, 1.165) is 0 Å². The smallest absolute Gasteiger partial charge is 0.291 e. The summed E-state index contributed by atoms with van der Waals surface area (Å²) in [7, 11) is 1.69. The number of rotatable bonds is 2. The SMILES string of the molecule is CN1C(=O)COc2cc(NC(=O)c3ccco3)ccc21. The highest BCUT2D eigenvalue weighted by atomic mass is 16.5. The molecule has 0 atom stereocenters. The molecule has 1 aromatic heterocycles. The summed E-state index contributed by atoms with van der Waals surface area (Å²) in [5.41, 5.74) is 1.25. The van der Waals surface area contributed by atoms with Gasteiger partial charge in [0.1, 0.15) is 5.75 Å². The number of ether oxygens (including phenoxy) is 1. The molecule has 0 saturated carbocycles. The van der Waals surface area contributed by atoms with E-state index in [0.29, 0.717) is 17.1 Å². The Kier molecular flexibility index (Phi) is 2.90. The van der Waals surface area contributed by atoms with Crippen molar-refractivity contribution in [1.82, 2.24) is 0 Å². The Labute approximate surface area is 114 Å². The average molecular weight is 272 g/mol. The van der Waals surface area contributed by atoms with Crippen molar-refractivity contribution in [2.24, 2.45) is 0 Å². The Balaban J connectivity index is 1.83. The van der Waals surface area contributed by atoms with Crippen LogP contribution in [0.25, 0.3) is 0 Å². The molecule has 0 aliphatic carbocycles. The molecule has 0 fully saturated rings. The summed E-state index contributed by atoms with van der Waals surface area (Å²) in [5.74, 6) is 0.348. The molecule has 2 aromatic rings. The van der Waals surface area contributed by atoms with Gasteiger partial charge >= 0.3 is 0 Å². The van der Waals surface area contributed by atoms with Crippen molar-refractivity contribution in [1.29, 1.82) is 0 Å². The summed E-state index contributed by atoms with van der Waals surface area (Å²) in [6.07, 6.45) is 1.44. The molecule has 1 aliphatic rings. The highest BCUT2D eigenvalue weighted by Gasteiger charge is 2.22. The van der Waals surface area contributed by atoms with E-state index in [1.807, 2.05) is 0 Å². The summed E-state index contributed by atoms with van der Waals surface area (Å²) in [6, 6.07) is 8.34. The van der Waals surface area contributed by atoms with E-state index in [1.54, 1.807) is 37.4 Å². The molecule has 0 saturated heterocycles. The van der Waals surface area contributed by atoms with Crippen LogP contribution < -0.4 is 15.0 Å². The second-order valence-corrected chi connectivity index (χ2v) is 4.36. The Morgan fingerprint density at radius 1 is 1.35 bits per heavy atom. The van der Waals surface area contributed by atoms with E-state index >= 15 is 0 Å². The van der Waals surface area contributed by atoms with Crippen LogP contribution in [0.15, 0.2) is 41.0 Å². The number of nitrogens with zero attached hydrogens (tertiary/aromatic N) is 1. The second-order valence-electron chi connectivity index (χ2n) is 4.36. The molecule has 1 aromatic carbocycles. The van der Waals surface area contributed by atoms with Crippen LogP contribution in [0.2, 0.25) is 0 Å². The standard InChI is InChI=1S/C14H12N2O4/c1-16-10-5-4-9(7-12(10)20-8-13(16)17)15-14(18)11-3-2-6-19-11/h2-7H,8H2,1H3,(H,15,18). The van der Waals surface area contributed by atoms with Gasteiger partial charge in [-0.25, -0.2) is 0 Å². The predicted octanol–water partition coefficient (Wildman–Crippen LogP) is 1.89. The van der Waals surface area contributed by atoms with E-state index in [1.165, 1.54) is 11.2 Å². The van der Waals surface area contributed by atoms with Crippen LogP contribution >= 0.6 is 0 Å². The molecule has 6 heteroatoms. The zero-order chi connectivity index (χ0) is 14.1. The second kappa shape index (κ2) is 4.73. The van der Waals surface area contributed by atoms with E-state index < -0.39 is 0 Å². The Bertz CT molecular complexity index is 664. The van der Waals surface area contributed by atoms with Gasteiger partial charge in [0.05, 0.1) is 12.0 Å². The van der Waals surface area contributed by atoms with Crippen LogP contribution in [-0.2, 0) is 4.79 Å². The van der Waals surface area contributed by atoms with Crippen molar-refractivity contribution in [3.05, 3.63) is 42.4 Å². The molecule has 2 heterocycles. The predicted molar refractivity (Wildman–Crippen MR) is 72.0 cm³/mol. The highest BCUT2D eigenvalue weighted by Crippen LogP contribution is 2.33. The number of hydrogen-bond acceptors (Lipinski definition) is 4. The van der Waals surface area contributed by atoms with Crippen LogP contribution in [0.4, 0.5) is 11.4 Å². The first-order valence-electron chi connectivity index (χ1n) is 6.03. The number of furan rings is 1. The van der Waals surface area contributed by atoms with E-state index in [9.17, 15) is 9.59 Å².